The monoisotopic (exact) mass is 286 g/mol. The molecule has 1 aliphatic heterocycles. The minimum Gasteiger partial charge on any atom is -0.445 e. The standard InChI is InChI=1S/C13H18N2O3.ClH/c16-8-12-6-11(7-14-12)15-13(17)18-9-10-4-2-1-3-5-10;/h1-5,11-12,14,16H,6-9H2,(H,15,17);1H/t11-,12-;/m0./s1. The Bertz CT molecular complexity index is 389. The quantitative estimate of drug-likeness (QED) is 0.774. The lowest BCUT2D eigenvalue weighted by Crippen LogP contribution is -2.36. The second-order valence-electron chi connectivity index (χ2n) is 4.43. The van der Waals surface area contributed by atoms with E-state index in [-0.39, 0.29) is 37.7 Å². The van der Waals surface area contributed by atoms with Crippen LogP contribution in [-0.2, 0) is 11.3 Å². The van der Waals surface area contributed by atoms with Crippen molar-refractivity contribution < 1.29 is 14.6 Å². The number of aliphatic hydroxyl groups is 1. The van der Waals surface area contributed by atoms with Crippen molar-refractivity contribution in [3.8, 4) is 0 Å². The van der Waals surface area contributed by atoms with E-state index in [4.69, 9.17) is 9.84 Å². The largest absolute Gasteiger partial charge is 0.445 e. The van der Waals surface area contributed by atoms with Gasteiger partial charge in [0.05, 0.1) is 6.61 Å². The molecule has 106 valence electrons. The van der Waals surface area contributed by atoms with Gasteiger partial charge in [0.25, 0.3) is 0 Å². The van der Waals surface area contributed by atoms with E-state index in [2.05, 4.69) is 10.6 Å². The summed E-state index contributed by atoms with van der Waals surface area (Å²) in [6.45, 7) is 1.04. The summed E-state index contributed by atoms with van der Waals surface area (Å²) in [5, 5.41) is 14.9. The van der Waals surface area contributed by atoms with Gasteiger partial charge in [-0.25, -0.2) is 4.79 Å². The highest BCUT2D eigenvalue weighted by atomic mass is 35.5. The first kappa shape index (κ1) is 15.8. The number of hydrogen-bond donors (Lipinski definition) is 3. The van der Waals surface area contributed by atoms with Crippen molar-refractivity contribution in [3.63, 3.8) is 0 Å². The highest BCUT2D eigenvalue weighted by Gasteiger charge is 2.24. The number of carbonyl (C=O) groups is 1. The molecule has 1 aromatic rings. The van der Waals surface area contributed by atoms with Crippen molar-refractivity contribution in [1.29, 1.82) is 0 Å². The predicted molar refractivity (Wildman–Crippen MR) is 74.3 cm³/mol. The average molecular weight is 287 g/mol. The van der Waals surface area contributed by atoms with Gasteiger partial charge in [-0.2, -0.15) is 0 Å². The first-order valence-corrected chi connectivity index (χ1v) is 6.09. The summed E-state index contributed by atoms with van der Waals surface area (Å²) in [4.78, 5) is 11.5. The molecule has 3 N–H and O–H groups in total. The molecular formula is C13H19ClN2O3. The first-order chi connectivity index (χ1) is 8.78. The maximum absolute atomic E-state index is 11.5. The zero-order chi connectivity index (χ0) is 12.8. The number of carbonyl (C=O) groups excluding carboxylic acids is 1. The summed E-state index contributed by atoms with van der Waals surface area (Å²) in [6, 6.07) is 9.66. The summed E-state index contributed by atoms with van der Waals surface area (Å²) in [5.41, 5.74) is 0.963. The molecule has 1 amide bonds. The Morgan fingerprint density at radius 1 is 1.42 bits per heavy atom. The number of alkyl carbamates (subject to hydrolysis) is 1. The molecule has 0 saturated carbocycles. The van der Waals surface area contributed by atoms with Gasteiger partial charge in [-0.3, -0.25) is 0 Å². The molecule has 2 atom stereocenters. The van der Waals surface area contributed by atoms with Crippen LogP contribution < -0.4 is 10.6 Å². The third-order valence-electron chi connectivity index (χ3n) is 2.98. The number of ether oxygens (including phenoxy) is 1. The minimum absolute atomic E-state index is 0. The highest BCUT2D eigenvalue weighted by molar-refractivity contribution is 5.85. The van der Waals surface area contributed by atoms with E-state index in [0.29, 0.717) is 6.54 Å². The molecule has 1 heterocycles. The van der Waals surface area contributed by atoms with Crippen LogP contribution in [0.4, 0.5) is 4.79 Å². The molecule has 19 heavy (non-hydrogen) atoms. The molecule has 0 aromatic heterocycles. The summed E-state index contributed by atoms with van der Waals surface area (Å²) >= 11 is 0. The molecule has 1 aromatic carbocycles. The summed E-state index contributed by atoms with van der Waals surface area (Å²) in [5.74, 6) is 0. The lowest BCUT2D eigenvalue weighted by atomic mass is 10.2. The molecule has 2 rings (SSSR count). The number of rotatable bonds is 4. The van der Waals surface area contributed by atoms with Crippen LogP contribution in [0.15, 0.2) is 30.3 Å². The van der Waals surface area contributed by atoms with E-state index in [9.17, 15) is 4.79 Å². The molecular weight excluding hydrogens is 268 g/mol. The number of halogens is 1. The average Bonchev–Trinajstić information content (AvgIpc) is 2.85. The van der Waals surface area contributed by atoms with Crippen LogP contribution in [0.3, 0.4) is 0 Å². The second kappa shape index (κ2) is 7.99. The number of hydrogen-bond acceptors (Lipinski definition) is 4. The van der Waals surface area contributed by atoms with Crippen molar-refractivity contribution in [2.45, 2.75) is 25.1 Å². The van der Waals surface area contributed by atoms with E-state index >= 15 is 0 Å². The van der Waals surface area contributed by atoms with Crippen LogP contribution in [0.1, 0.15) is 12.0 Å². The lowest BCUT2D eigenvalue weighted by molar-refractivity contribution is 0.136. The topological polar surface area (TPSA) is 70.6 Å². The van der Waals surface area contributed by atoms with Gasteiger partial charge in [0, 0.05) is 18.6 Å². The maximum atomic E-state index is 11.5. The van der Waals surface area contributed by atoms with Crippen molar-refractivity contribution in [1.82, 2.24) is 10.6 Å². The van der Waals surface area contributed by atoms with Crippen LogP contribution in [0.5, 0.6) is 0 Å². The van der Waals surface area contributed by atoms with Gasteiger partial charge in [-0.1, -0.05) is 30.3 Å². The Balaban J connectivity index is 0.00000180. The molecule has 0 radical (unpaired) electrons. The summed E-state index contributed by atoms with van der Waals surface area (Å²) in [7, 11) is 0. The van der Waals surface area contributed by atoms with E-state index in [1.807, 2.05) is 30.3 Å². The number of nitrogens with one attached hydrogen (secondary N) is 2. The van der Waals surface area contributed by atoms with Crippen molar-refractivity contribution in [2.24, 2.45) is 0 Å². The molecule has 0 unspecified atom stereocenters. The number of aliphatic hydroxyl groups excluding tert-OH is 1. The molecule has 5 nitrogen and oxygen atoms in total. The number of benzene rings is 1. The Labute approximate surface area is 118 Å². The van der Waals surface area contributed by atoms with Gasteiger partial charge in [0.2, 0.25) is 0 Å². The molecule has 6 heteroatoms. The van der Waals surface area contributed by atoms with Crippen LogP contribution in [0.2, 0.25) is 0 Å². The lowest BCUT2D eigenvalue weighted by Gasteiger charge is -2.12. The van der Waals surface area contributed by atoms with Crippen molar-refractivity contribution >= 4 is 18.5 Å². The first-order valence-electron chi connectivity index (χ1n) is 6.09. The highest BCUT2D eigenvalue weighted by Crippen LogP contribution is 2.06. The summed E-state index contributed by atoms with van der Waals surface area (Å²) in [6.07, 6.45) is 0.320. The van der Waals surface area contributed by atoms with E-state index < -0.39 is 6.09 Å². The zero-order valence-corrected chi connectivity index (χ0v) is 11.4. The Kier molecular flexibility index (Phi) is 6.62. The third kappa shape index (κ3) is 5.06. The summed E-state index contributed by atoms with van der Waals surface area (Å²) < 4.78 is 5.12. The molecule has 0 bridgehead atoms. The van der Waals surface area contributed by atoms with Crippen LogP contribution in [-0.4, -0.2) is 36.4 Å². The van der Waals surface area contributed by atoms with E-state index in [1.165, 1.54) is 0 Å². The Morgan fingerprint density at radius 2 is 2.16 bits per heavy atom. The normalized spacial score (nSPS) is 21.5. The van der Waals surface area contributed by atoms with Crippen molar-refractivity contribution in [3.05, 3.63) is 35.9 Å². The molecule has 0 aliphatic carbocycles. The van der Waals surface area contributed by atoms with Crippen molar-refractivity contribution in [2.75, 3.05) is 13.2 Å². The maximum Gasteiger partial charge on any atom is 0.407 e. The Morgan fingerprint density at radius 3 is 2.79 bits per heavy atom. The fraction of sp³-hybridized carbons (Fsp3) is 0.462. The molecule has 1 aliphatic rings. The van der Waals surface area contributed by atoms with Gasteiger partial charge in [-0.05, 0) is 12.0 Å². The van der Waals surface area contributed by atoms with Gasteiger partial charge >= 0.3 is 6.09 Å². The van der Waals surface area contributed by atoms with Crippen LogP contribution >= 0.6 is 12.4 Å². The smallest absolute Gasteiger partial charge is 0.407 e. The number of amides is 1. The van der Waals surface area contributed by atoms with Crippen LogP contribution in [0.25, 0.3) is 0 Å². The second-order valence-corrected chi connectivity index (χ2v) is 4.43. The fourth-order valence-electron chi connectivity index (χ4n) is 2.00. The molecule has 0 spiro atoms. The molecule has 1 fully saturated rings. The fourth-order valence-corrected chi connectivity index (χ4v) is 2.00. The van der Waals surface area contributed by atoms with Gasteiger partial charge in [-0.15, -0.1) is 12.4 Å². The SMILES string of the molecule is Cl.O=C(N[C@@H]1CN[C@H](CO)C1)OCc1ccccc1. The predicted octanol–water partition coefficient (Wildman–Crippen LogP) is 1.06. The van der Waals surface area contributed by atoms with E-state index in [1.54, 1.807) is 0 Å². The van der Waals surface area contributed by atoms with Gasteiger partial charge < -0.3 is 20.5 Å². The zero-order valence-electron chi connectivity index (χ0n) is 10.5. The van der Waals surface area contributed by atoms with Gasteiger partial charge in [0.15, 0.2) is 0 Å². The molecule has 1 saturated heterocycles. The third-order valence-corrected chi connectivity index (χ3v) is 2.98. The van der Waals surface area contributed by atoms with Crippen LogP contribution in [0, 0.1) is 0 Å². The Hall–Kier alpha value is -1.30. The minimum atomic E-state index is -0.413. The van der Waals surface area contributed by atoms with Gasteiger partial charge in [0.1, 0.15) is 6.61 Å². The van der Waals surface area contributed by atoms with E-state index in [0.717, 1.165) is 12.0 Å².